The monoisotopic (exact) mass is 278 g/mol. The van der Waals surface area contributed by atoms with Crippen LogP contribution in [0, 0.1) is 12.3 Å². The summed E-state index contributed by atoms with van der Waals surface area (Å²) in [6, 6.07) is 0. The van der Waals surface area contributed by atoms with Crippen LogP contribution in [0.25, 0.3) is 0 Å². The summed E-state index contributed by atoms with van der Waals surface area (Å²) in [5.74, 6) is 2.96. The smallest absolute Gasteiger partial charge is 0.137 e. The molecular weight excluding hydrogens is 248 g/mol. The zero-order chi connectivity index (χ0) is 15.3. The van der Waals surface area contributed by atoms with Crippen molar-refractivity contribution in [3.63, 3.8) is 0 Å². The highest BCUT2D eigenvalue weighted by molar-refractivity contribution is 5.58. The summed E-state index contributed by atoms with van der Waals surface area (Å²) < 4.78 is 0. The van der Waals surface area contributed by atoms with Gasteiger partial charge in [-0.2, -0.15) is 0 Å². The predicted molar refractivity (Wildman–Crippen MR) is 87.7 cm³/mol. The first-order chi connectivity index (χ1) is 9.28. The number of rotatable bonds is 6. The molecule has 1 heterocycles. The van der Waals surface area contributed by atoms with Gasteiger partial charge in [-0.3, -0.25) is 0 Å². The second kappa shape index (κ2) is 6.91. The van der Waals surface area contributed by atoms with Gasteiger partial charge in [-0.1, -0.05) is 27.7 Å². The molecule has 1 N–H and O–H groups in total. The second-order valence-corrected chi connectivity index (χ2v) is 6.63. The van der Waals surface area contributed by atoms with Gasteiger partial charge in [0, 0.05) is 32.1 Å². The lowest BCUT2D eigenvalue weighted by molar-refractivity contribution is 0.417. The molecule has 0 unspecified atom stereocenters. The normalized spacial score (nSPS) is 11.6. The number of hydrogen-bond donors (Lipinski definition) is 1. The Bertz CT molecular complexity index is 435. The molecule has 20 heavy (non-hydrogen) atoms. The van der Waals surface area contributed by atoms with E-state index >= 15 is 0 Å². The van der Waals surface area contributed by atoms with Gasteiger partial charge in [-0.15, -0.1) is 0 Å². The molecule has 1 rings (SSSR count). The van der Waals surface area contributed by atoms with E-state index in [9.17, 15) is 0 Å². The van der Waals surface area contributed by atoms with Crippen LogP contribution in [0.1, 0.15) is 52.4 Å². The van der Waals surface area contributed by atoms with Gasteiger partial charge in [0.25, 0.3) is 0 Å². The maximum absolute atomic E-state index is 4.76. The van der Waals surface area contributed by atoms with Crippen molar-refractivity contribution in [2.45, 2.75) is 54.4 Å². The number of anilines is 2. The third kappa shape index (κ3) is 4.66. The molecular formula is C16H30N4. The van der Waals surface area contributed by atoms with Crippen LogP contribution in [0.5, 0.6) is 0 Å². The van der Waals surface area contributed by atoms with Crippen LogP contribution < -0.4 is 10.2 Å². The van der Waals surface area contributed by atoms with Crippen molar-refractivity contribution in [1.29, 1.82) is 0 Å². The van der Waals surface area contributed by atoms with Gasteiger partial charge in [0.1, 0.15) is 17.5 Å². The Morgan fingerprint density at radius 1 is 1.15 bits per heavy atom. The highest BCUT2D eigenvalue weighted by Gasteiger charge is 2.18. The van der Waals surface area contributed by atoms with Crippen molar-refractivity contribution in [3.05, 3.63) is 11.4 Å². The molecule has 1 aromatic heterocycles. The standard InChI is InChI=1S/C16H30N4/c1-8-10-13-18-14(17-9-2)12(3)15(19-13)20(7)11-16(4,5)6/h8-11H2,1-7H3,(H,17,18,19). The average Bonchev–Trinajstić information content (AvgIpc) is 2.31. The molecule has 0 saturated heterocycles. The lowest BCUT2D eigenvalue weighted by Crippen LogP contribution is -2.31. The molecule has 114 valence electrons. The largest absolute Gasteiger partial charge is 0.370 e. The fourth-order valence-electron chi connectivity index (χ4n) is 2.38. The minimum Gasteiger partial charge on any atom is -0.370 e. The van der Waals surface area contributed by atoms with E-state index in [0.29, 0.717) is 0 Å². The summed E-state index contributed by atoms with van der Waals surface area (Å²) in [7, 11) is 2.12. The Balaban J connectivity index is 3.15. The van der Waals surface area contributed by atoms with Crippen LogP contribution in [0.2, 0.25) is 0 Å². The maximum Gasteiger partial charge on any atom is 0.137 e. The summed E-state index contributed by atoms with van der Waals surface area (Å²) >= 11 is 0. The van der Waals surface area contributed by atoms with Crippen LogP contribution in [-0.2, 0) is 6.42 Å². The minimum atomic E-state index is 0.245. The summed E-state index contributed by atoms with van der Waals surface area (Å²) in [4.78, 5) is 11.7. The first kappa shape index (κ1) is 16.7. The average molecular weight is 278 g/mol. The summed E-state index contributed by atoms with van der Waals surface area (Å²) in [5.41, 5.74) is 1.38. The molecule has 0 spiro atoms. The molecule has 0 aliphatic carbocycles. The SMILES string of the molecule is CCCc1nc(NCC)c(C)c(N(C)CC(C)(C)C)n1. The van der Waals surface area contributed by atoms with Crippen LogP contribution in [-0.4, -0.2) is 30.1 Å². The van der Waals surface area contributed by atoms with E-state index in [1.54, 1.807) is 0 Å². The second-order valence-electron chi connectivity index (χ2n) is 6.63. The van der Waals surface area contributed by atoms with Crippen molar-refractivity contribution >= 4 is 11.6 Å². The Labute approximate surface area is 124 Å². The first-order valence-corrected chi connectivity index (χ1v) is 7.61. The summed E-state index contributed by atoms with van der Waals surface area (Å²) in [6.45, 7) is 15.0. The van der Waals surface area contributed by atoms with Gasteiger partial charge in [-0.05, 0) is 25.7 Å². The number of aryl methyl sites for hydroxylation is 1. The van der Waals surface area contributed by atoms with Crippen LogP contribution in [0.15, 0.2) is 0 Å². The Morgan fingerprint density at radius 3 is 2.30 bits per heavy atom. The van der Waals surface area contributed by atoms with Gasteiger partial charge in [0.05, 0.1) is 0 Å². The van der Waals surface area contributed by atoms with Gasteiger partial charge >= 0.3 is 0 Å². The number of hydrogen-bond acceptors (Lipinski definition) is 4. The topological polar surface area (TPSA) is 41.1 Å². The minimum absolute atomic E-state index is 0.245. The van der Waals surface area contributed by atoms with Crippen LogP contribution in [0.4, 0.5) is 11.6 Å². The summed E-state index contributed by atoms with van der Waals surface area (Å²) in [5, 5.41) is 3.35. The molecule has 4 heteroatoms. The molecule has 0 bridgehead atoms. The summed E-state index contributed by atoms with van der Waals surface area (Å²) in [6.07, 6.45) is 1.99. The third-order valence-electron chi connectivity index (χ3n) is 3.06. The van der Waals surface area contributed by atoms with E-state index < -0.39 is 0 Å². The Kier molecular flexibility index (Phi) is 5.78. The molecule has 0 atom stereocenters. The van der Waals surface area contributed by atoms with Gasteiger partial charge in [0.2, 0.25) is 0 Å². The molecule has 0 saturated carbocycles. The maximum atomic E-state index is 4.76. The molecule has 0 amide bonds. The number of aromatic nitrogens is 2. The fourth-order valence-corrected chi connectivity index (χ4v) is 2.38. The zero-order valence-corrected chi connectivity index (χ0v) is 14.2. The van der Waals surface area contributed by atoms with Crippen molar-refractivity contribution in [1.82, 2.24) is 9.97 Å². The lowest BCUT2D eigenvalue weighted by atomic mass is 9.96. The molecule has 4 nitrogen and oxygen atoms in total. The van der Waals surface area contributed by atoms with E-state index in [2.05, 4.69) is 63.8 Å². The molecule has 0 radical (unpaired) electrons. The van der Waals surface area contributed by atoms with Crippen molar-refractivity contribution in [2.24, 2.45) is 5.41 Å². The highest BCUT2D eigenvalue weighted by Crippen LogP contribution is 2.26. The molecule has 0 fully saturated rings. The predicted octanol–water partition coefficient (Wildman–Crippen LogP) is 3.65. The van der Waals surface area contributed by atoms with Crippen LogP contribution in [0.3, 0.4) is 0 Å². The van der Waals surface area contributed by atoms with E-state index in [1.165, 1.54) is 0 Å². The van der Waals surface area contributed by atoms with E-state index in [4.69, 9.17) is 4.98 Å². The van der Waals surface area contributed by atoms with E-state index in [0.717, 1.165) is 49.0 Å². The van der Waals surface area contributed by atoms with Gasteiger partial charge in [0.15, 0.2) is 0 Å². The fraction of sp³-hybridized carbons (Fsp3) is 0.750. The molecule has 0 aliphatic rings. The van der Waals surface area contributed by atoms with Gasteiger partial charge in [-0.25, -0.2) is 9.97 Å². The quantitative estimate of drug-likeness (QED) is 0.862. The zero-order valence-electron chi connectivity index (χ0n) is 14.2. The highest BCUT2D eigenvalue weighted by atomic mass is 15.2. The van der Waals surface area contributed by atoms with Gasteiger partial charge < -0.3 is 10.2 Å². The number of nitrogens with one attached hydrogen (secondary N) is 1. The van der Waals surface area contributed by atoms with Crippen LogP contribution >= 0.6 is 0 Å². The van der Waals surface area contributed by atoms with E-state index in [-0.39, 0.29) is 5.41 Å². The Morgan fingerprint density at radius 2 is 1.80 bits per heavy atom. The van der Waals surface area contributed by atoms with E-state index in [1.807, 2.05) is 0 Å². The Hall–Kier alpha value is -1.32. The lowest BCUT2D eigenvalue weighted by Gasteiger charge is -2.29. The number of nitrogens with zero attached hydrogens (tertiary/aromatic N) is 3. The third-order valence-corrected chi connectivity index (χ3v) is 3.06. The molecule has 0 aliphatic heterocycles. The molecule has 0 aromatic carbocycles. The first-order valence-electron chi connectivity index (χ1n) is 7.61. The van der Waals surface area contributed by atoms with Crippen molar-refractivity contribution in [3.8, 4) is 0 Å². The van der Waals surface area contributed by atoms with Crippen molar-refractivity contribution < 1.29 is 0 Å². The van der Waals surface area contributed by atoms with Crippen molar-refractivity contribution in [2.75, 3.05) is 30.4 Å². The molecule has 1 aromatic rings.